The molecule has 3 atom stereocenters. The monoisotopic (exact) mass is 473 g/mol. The molecule has 2 aliphatic carbocycles. The maximum Gasteiger partial charge on any atom is 0.408 e. The van der Waals surface area contributed by atoms with Gasteiger partial charge in [-0.3, -0.25) is 9.59 Å². The van der Waals surface area contributed by atoms with Crippen molar-refractivity contribution in [2.24, 2.45) is 11.8 Å². The number of alkyl carbamates (subject to hydrolysis) is 1. The number of nitrogens with one attached hydrogen (secondary N) is 3. The van der Waals surface area contributed by atoms with Crippen LogP contribution in [0.3, 0.4) is 0 Å². The molecule has 0 spiro atoms. The molecule has 2 saturated carbocycles. The minimum absolute atomic E-state index is 0.0822. The highest BCUT2D eigenvalue weighted by atomic mass is 19.3. The standard InChI is InChI=1S/C23H37F2N3O5/c24-23(25)9-6-18(7-10-23)33-22(32)28-19(12-15-4-2-1-3-5-15)21(31)27-17(14-29)13-16-8-11-26-20(16)30/h15-19,29H,1-14H2,(H,26,30)(H,27,31)(H,28,32)/t16-,17-,19-/m0/s1. The molecule has 33 heavy (non-hydrogen) atoms. The number of carbonyl (C=O) groups is 3. The summed E-state index contributed by atoms with van der Waals surface area (Å²) >= 11 is 0. The molecule has 0 radical (unpaired) electrons. The molecule has 3 rings (SSSR count). The second-order valence-electron chi connectivity index (χ2n) is 9.80. The first-order valence-electron chi connectivity index (χ1n) is 12.3. The van der Waals surface area contributed by atoms with E-state index in [4.69, 9.17) is 4.74 Å². The van der Waals surface area contributed by atoms with Crippen LogP contribution in [0.2, 0.25) is 0 Å². The Balaban J connectivity index is 1.56. The second-order valence-corrected chi connectivity index (χ2v) is 9.80. The number of hydrogen-bond acceptors (Lipinski definition) is 5. The molecule has 188 valence electrons. The van der Waals surface area contributed by atoms with E-state index in [2.05, 4.69) is 16.0 Å². The Labute approximate surface area is 193 Å². The van der Waals surface area contributed by atoms with E-state index in [9.17, 15) is 28.3 Å². The molecule has 0 unspecified atom stereocenters. The van der Waals surface area contributed by atoms with Gasteiger partial charge in [0.2, 0.25) is 17.7 Å². The molecule has 3 fully saturated rings. The highest BCUT2D eigenvalue weighted by Gasteiger charge is 2.37. The lowest BCUT2D eigenvalue weighted by Crippen LogP contribution is -2.52. The molecule has 1 saturated heterocycles. The van der Waals surface area contributed by atoms with Crippen LogP contribution in [0.1, 0.15) is 77.0 Å². The number of aliphatic hydroxyl groups is 1. The lowest BCUT2D eigenvalue weighted by molar-refractivity contribution is -0.126. The first-order valence-corrected chi connectivity index (χ1v) is 12.3. The van der Waals surface area contributed by atoms with Crippen molar-refractivity contribution >= 4 is 17.9 Å². The quantitative estimate of drug-likeness (QED) is 0.411. The Morgan fingerprint density at radius 3 is 2.36 bits per heavy atom. The third kappa shape index (κ3) is 8.08. The third-order valence-corrected chi connectivity index (χ3v) is 7.14. The summed E-state index contributed by atoms with van der Waals surface area (Å²) in [6.45, 7) is 0.271. The minimum atomic E-state index is -2.71. The van der Waals surface area contributed by atoms with Crippen LogP contribution in [0.4, 0.5) is 13.6 Å². The number of halogens is 2. The number of hydrogen-bond donors (Lipinski definition) is 4. The van der Waals surface area contributed by atoms with Crippen LogP contribution in [0, 0.1) is 11.8 Å². The van der Waals surface area contributed by atoms with Crippen molar-refractivity contribution in [1.29, 1.82) is 0 Å². The van der Waals surface area contributed by atoms with Crippen molar-refractivity contribution in [2.45, 2.75) is 101 Å². The third-order valence-electron chi connectivity index (χ3n) is 7.14. The van der Waals surface area contributed by atoms with Gasteiger partial charge >= 0.3 is 6.09 Å². The van der Waals surface area contributed by atoms with Crippen molar-refractivity contribution < 1.29 is 33.0 Å². The zero-order valence-electron chi connectivity index (χ0n) is 19.1. The van der Waals surface area contributed by atoms with Crippen LogP contribution in [0.15, 0.2) is 0 Å². The summed E-state index contributed by atoms with van der Waals surface area (Å²) < 4.78 is 32.1. The van der Waals surface area contributed by atoms with Crippen molar-refractivity contribution in [3.63, 3.8) is 0 Å². The van der Waals surface area contributed by atoms with Crippen molar-refractivity contribution in [2.75, 3.05) is 13.2 Å². The number of rotatable bonds is 9. The molecule has 0 aromatic carbocycles. The smallest absolute Gasteiger partial charge is 0.408 e. The molecule has 0 aromatic rings. The minimum Gasteiger partial charge on any atom is -0.446 e. The van der Waals surface area contributed by atoms with E-state index in [0.717, 1.165) is 32.1 Å². The Morgan fingerprint density at radius 1 is 1.06 bits per heavy atom. The SMILES string of the molecule is O=C(N[C@@H](CC1CCCCC1)C(=O)N[C@H](CO)C[C@@H]1CCNC1=O)OC1CCC(F)(F)CC1. The van der Waals surface area contributed by atoms with E-state index in [1.54, 1.807) is 0 Å². The van der Waals surface area contributed by atoms with Crippen LogP contribution in [-0.4, -0.2) is 60.3 Å². The van der Waals surface area contributed by atoms with Gasteiger partial charge < -0.3 is 25.8 Å². The van der Waals surface area contributed by atoms with Crippen LogP contribution < -0.4 is 16.0 Å². The molecule has 3 amide bonds. The fourth-order valence-electron chi connectivity index (χ4n) is 5.14. The van der Waals surface area contributed by atoms with Crippen LogP contribution in [0.25, 0.3) is 0 Å². The van der Waals surface area contributed by atoms with Crippen LogP contribution >= 0.6 is 0 Å². The summed E-state index contributed by atoms with van der Waals surface area (Å²) in [5.74, 6) is -3.20. The van der Waals surface area contributed by atoms with Gasteiger partial charge in [0.05, 0.1) is 12.6 Å². The number of alkyl halides is 2. The second kappa shape index (κ2) is 11.9. The van der Waals surface area contributed by atoms with E-state index in [0.29, 0.717) is 25.8 Å². The summed E-state index contributed by atoms with van der Waals surface area (Å²) in [6.07, 6.45) is 4.88. The summed E-state index contributed by atoms with van der Waals surface area (Å²) in [6, 6.07) is -1.45. The molecule has 1 heterocycles. The van der Waals surface area contributed by atoms with Gasteiger partial charge in [-0.15, -0.1) is 0 Å². The number of amides is 3. The highest BCUT2D eigenvalue weighted by molar-refractivity contribution is 5.86. The number of ether oxygens (including phenoxy) is 1. The van der Waals surface area contributed by atoms with E-state index in [1.165, 1.54) is 0 Å². The Hall–Kier alpha value is -1.97. The predicted octanol–water partition coefficient (Wildman–Crippen LogP) is 2.63. The molecule has 10 heteroatoms. The lowest BCUT2D eigenvalue weighted by Gasteiger charge is -2.30. The Morgan fingerprint density at radius 2 is 1.76 bits per heavy atom. The molecule has 4 N–H and O–H groups in total. The maximum absolute atomic E-state index is 13.4. The number of carbonyl (C=O) groups excluding carboxylic acids is 3. The summed E-state index contributed by atoms with van der Waals surface area (Å²) in [4.78, 5) is 37.4. The van der Waals surface area contributed by atoms with Crippen LogP contribution in [-0.2, 0) is 14.3 Å². The van der Waals surface area contributed by atoms with Gasteiger partial charge in [0.25, 0.3) is 0 Å². The molecular formula is C23H37F2N3O5. The fraction of sp³-hybridized carbons (Fsp3) is 0.870. The van der Waals surface area contributed by atoms with Crippen molar-refractivity contribution in [1.82, 2.24) is 16.0 Å². The van der Waals surface area contributed by atoms with Crippen LogP contribution in [0.5, 0.6) is 0 Å². The van der Waals surface area contributed by atoms with E-state index >= 15 is 0 Å². The maximum atomic E-state index is 13.4. The van der Waals surface area contributed by atoms with Gasteiger partial charge in [-0.2, -0.15) is 0 Å². The largest absolute Gasteiger partial charge is 0.446 e. The lowest BCUT2D eigenvalue weighted by atomic mass is 9.84. The van der Waals surface area contributed by atoms with E-state index in [1.807, 2.05) is 0 Å². The highest BCUT2D eigenvalue weighted by Crippen LogP contribution is 2.34. The molecular weight excluding hydrogens is 436 g/mol. The molecule has 3 aliphatic rings. The van der Waals surface area contributed by atoms with E-state index in [-0.39, 0.29) is 50.0 Å². The topological polar surface area (TPSA) is 117 Å². The number of aliphatic hydroxyl groups excluding tert-OH is 1. The van der Waals surface area contributed by atoms with Crippen molar-refractivity contribution in [3.05, 3.63) is 0 Å². The van der Waals surface area contributed by atoms with Gasteiger partial charge in [0, 0.05) is 25.3 Å². The van der Waals surface area contributed by atoms with Crippen molar-refractivity contribution in [3.8, 4) is 0 Å². The summed E-state index contributed by atoms with van der Waals surface area (Å²) in [5.41, 5.74) is 0. The first-order chi connectivity index (χ1) is 15.8. The average Bonchev–Trinajstić information content (AvgIpc) is 3.19. The zero-order valence-corrected chi connectivity index (χ0v) is 19.1. The van der Waals surface area contributed by atoms with Gasteiger partial charge in [-0.25, -0.2) is 13.6 Å². The predicted molar refractivity (Wildman–Crippen MR) is 117 cm³/mol. The molecule has 8 nitrogen and oxygen atoms in total. The van der Waals surface area contributed by atoms with Gasteiger partial charge in [-0.05, 0) is 38.0 Å². The summed E-state index contributed by atoms with van der Waals surface area (Å²) in [5, 5.41) is 17.9. The average molecular weight is 474 g/mol. The normalized spacial score (nSPS) is 25.7. The van der Waals surface area contributed by atoms with Gasteiger partial charge in [0.1, 0.15) is 12.1 Å². The van der Waals surface area contributed by atoms with E-state index < -0.39 is 36.1 Å². The fourth-order valence-corrected chi connectivity index (χ4v) is 5.14. The zero-order chi connectivity index (χ0) is 23.8. The molecule has 1 aliphatic heterocycles. The first kappa shape index (κ1) is 25.6. The van der Waals surface area contributed by atoms with Gasteiger partial charge in [0.15, 0.2) is 0 Å². The Bertz CT molecular complexity index is 677. The Kier molecular flexibility index (Phi) is 9.28. The molecule has 0 aromatic heterocycles. The summed E-state index contributed by atoms with van der Waals surface area (Å²) in [7, 11) is 0. The molecule has 0 bridgehead atoms. The van der Waals surface area contributed by atoms with Gasteiger partial charge in [-0.1, -0.05) is 32.1 Å².